The molecule has 18 heavy (non-hydrogen) atoms. The highest BCUT2D eigenvalue weighted by molar-refractivity contribution is 5.30. The van der Waals surface area contributed by atoms with Crippen LogP contribution in [0.1, 0.15) is 16.8 Å². The van der Waals surface area contributed by atoms with Gasteiger partial charge in [0.15, 0.2) is 0 Å². The summed E-state index contributed by atoms with van der Waals surface area (Å²) >= 11 is 0. The summed E-state index contributed by atoms with van der Waals surface area (Å²) in [6.07, 6.45) is 3.64. The number of ether oxygens (including phenoxy) is 1. The van der Waals surface area contributed by atoms with Crippen LogP contribution < -0.4 is 10.1 Å². The first-order valence-electron chi connectivity index (χ1n) is 5.88. The second kappa shape index (κ2) is 5.64. The zero-order valence-electron chi connectivity index (χ0n) is 11.0. The van der Waals surface area contributed by atoms with E-state index in [1.807, 2.05) is 32.3 Å². The van der Waals surface area contributed by atoms with Crippen LogP contribution >= 0.6 is 0 Å². The fourth-order valence-electron chi connectivity index (χ4n) is 1.97. The Hall–Kier alpha value is -1.88. The Balaban J connectivity index is 1.98. The molecule has 0 fully saturated rings. The van der Waals surface area contributed by atoms with Gasteiger partial charge in [-0.25, -0.2) is 4.68 Å². The van der Waals surface area contributed by atoms with E-state index < -0.39 is 0 Å². The number of methoxy groups -OCH3 is 1. The van der Waals surface area contributed by atoms with E-state index in [4.69, 9.17) is 4.74 Å². The number of nitrogens with zero attached hydrogens (tertiary/aromatic N) is 3. The molecule has 2 aromatic rings. The van der Waals surface area contributed by atoms with E-state index in [1.165, 1.54) is 0 Å². The summed E-state index contributed by atoms with van der Waals surface area (Å²) in [7, 11) is 3.55. The third-order valence-electron chi connectivity index (χ3n) is 2.84. The van der Waals surface area contributed by atoms with E-state index in [9.17, 15) is 0 Å². The summed E-state index contributed by atoms with van der Waals surface area (Å²) in [6, 6.07) is 3.99. The smallest absolute Gasteiger partial charge is 0.216 e. The minimum absolute atomic E-state index is 0.734. The Morgan fingerprint density at radius 1 is 1.39 bits per heavy atom. The Labute approximate surface area is 107 Å². The van der Waals surface area contributed by atoms with E-state index in [-0.39, 0.29) is 0 Å². The zero-order chi connectivity index (χ0) is 13.0. The van der Waals surface area contributed by atoms with Crippen LogP contribution in [0.2, 0.25) is 0 Å². The van der Waals surface area contributed by atoms with Crippen LogP contribution in [-0.4, -0.2) is 21.9 Å². The maximum atomic E-state index is 5.35. The lowest BCUT2D eigenvalue weighted by atomic mass is 10.2. The number of aromatic nitrogens is 3. The van der Waals surface area contributed by atoms with Crippen molar-refractivity contribution in [3.63, 3.8) is 0 Å². The summed E-state index contributed by atoms with van der Waals surface area (Å²) < 4.78 is 7.11. The summed E-state index contributed by atoms with van der Waals surface area (Å²) in [6.45, 7) is 3.51. The molecule has 0 amide bonds. The zero-order valence-corrected chi connectivity index (χ0v) is 11.0. The third kappa shape index (κ3) is 2.68. The van der Waals surface area contributed by atoms with Crippen molar-refractivity contribution in [2.75, 3.05) is 7.11 Å². The Morgan fingerprint density at radius 2 is 2.22 bits per heavy atom. The number of rotatable bonds is 5. The largest absolute Gasteiger partial charge is 0.481 e. The Morgan fingerprint density at radius 3 is 2.89 bits per heavy atom. The van der Waals surface area contributed by atoms with Gasteiger partial charge in [-0.1, -0.05) is 6.07 Å². The monoisotopic (exact) mass is 246 g/mol. The molecule has 0 aliphatic heterocycles. The molecule has 0 unspecified atom stereocenters. The van der Waals surface area contributed by atoms with Crippen LogP contribution in [0.3, 0.4) is 0 Å². The maximum Gasteiger partial charge on any atom is 0.216 e. The highest BCUT2D eigenvalue weighted by atomic mass is 16.5. The van der Waals surface area contributed by atoms with Gasteiger partial charge in [-0.3, -0.25) is 4.98 Å². The highest BCUT2D eigenvalue weighted by Gasteiger charge is 2.12. The van der Waals surface area contributed by atoms with Crippen molar-refractivity contribution < 1.29 is 4.74 Å². The van der Waals surface area contributed by atoms with E-state index in [0.717, 1.165) is 35.8 Å². The normalized spacial score (nSPS) is 10.6. The number of pyridine rings is 1. The minimum Gasteiger partial charge on any atom is -0.481 e. The maximum absolute atomic E-state index is 5.35. The van der Waals surface area contributed by atoms with Crippen LogP contribution in [-0.2, 0) is 20.1 Å². The van der Waals surface area contributed by atoms with Gasteiger partial charge in [-0.2, -0.15) is 5.10 Å². The van der Waals surface area contributed by atoms with Gasteiger partial charge < -0.3 is 10.1 Å². The van der Waals surface area contributed by atoms with Gasteiger partial charge in [-0.05, 0) is 18.6 Å². The average Bonchev–Trinajstić information content (AvgIpc) is 2.65. The molecule has 0 aliphatic rings. The highest BCUT2D eigenvalue weighted by Crippen LogP contribution is 2.20. The van der Waals surface area contributed by atoms with Gasteiger partial charge in [0.25, 0.3) is 0 Å². The molecule has 0 atom stereocenters. The minimum atomic E-state index is 0.734. The van der Waals surface area contributed by atoms with Crippen molar-refractivity contribution in [2.24, 2.45) is 7.05 Å². The molecule has 96 valence electrons. The molecule has 1 N–H and O–H groups in total. The van der Waals surface area contributed by atoms with Gasteiger partial charge in [0.2, 0.25) is 5.88 Å². The molecular weight excluding hydrogens is 228 g/mol. The predicted molar refractivity (Wildman–Crippen MR) is 69.3 cm³/mol. The molecule has 2 rings (SSSR count). The average molecular weight is 246 g/mol. The van der Waals surface area contributed by atoms with E-state index in [0.29, 0.717) is 0 Å². The fourth-order valence-corrected chi connectivity index (χ4v) is 1.97. The van der Waals surface area contributed by atoms with Gasteiger partial charge in [0.05, 0.1) is 18.4 Å². The van der Waals surface area contributed by atoms with Crippen molar-refractivity contribution in [3.8, 4) is 5.88 Å². The van der Waals surface area contributed by atoms with Gasteiger partial charge >= 0.3 is 0 Å². The number of hydrogen-bond donors (Lipinski definition) is 1. The van der Waals surface area contributed by atoms with Gasteiger partial charge in [0, 0.05) is 32.5 Å². The van der Waals surface area contributed by atoms with Crippen molar-refractivity contribution in [1.82, 2.24) is 20.1 Å². The predicted octanol–water partition coefficient (Wildman–Crippen LogP) is 1.42. The van der Waals surface area contributed by atoms with Crippen molar-refractivity contribution in [2.45, 2.75) is 20.0 Å². The lowest BCUT2D eigenvalue weighted by Gasteiger charge is -2.06. The molecule has 0 bridgehead atoms. The molecule has 0 spiro atoms. The van der Waals surface area contributed by atoms with Crippen LogP contribution in [0, 0.1) is 6.92 Å². The van der Waals surface area contributed by atoms with E-state index in [2.05, 4.69) is 15.4 Å². The molecule has 0 saturated carbocycles. The van der Waals surface area contributed by atoms with Crippen LogP contribution in [0.5, 0.6) is 5.88 Å². The standard InChI is InChI=1S/C13H18N4O/c1-10-12(13(18-3)17(2)16-10)9-15-8-11-5-4-6-14-7-11/h4-7,15H,8-9H2,1-3H3. The van der Waals surface area contributed by atoms with Crippen molar-refractivity contribution in [1.29, 1.82) is 0 Å². The Kier molecular flexibility index (Phi) is 3.94. The van der Waals surface area contributed by atoms with Crippen LogP contribution in [0.25, 0.3) is 0 Å². The molecular formula is C13H18N4O. The number of nitrogens with one attached hydrogen (secondary N) is 1. The van der Waals surface area contributed by atoms with Gasteiger partial charge in [-0.15, -0.1) is 0 Å². The lowest BCUT2D eigenvalue weighted by Crippen LogP contribution is -2.13. The molecule has 0 aliphatic carbocycles. The number of aryl methyl sites for hydroxylation is 2. The summed E-state index contributed by atoms with van der Waals surface area (Å²) in [4.78, 5) is 4.08. The fraction of sp³-hybridized carbons (Fsp3) is 0.385. The molecule has 0 aromatic carbocycles. The third-order valence-corrected chi connectivity index (χ3v) is 2.84. The first-order valence-corrected chi connectivity index (χ1v) is 5.88. The first-order chi connectivity index (χ1) is 8.72. The molecule has 5 nitrogen and oxygen atoms in total. The molecule has 2 heterocycles. The van der Waals surface area contributed by atoms with Gasteiger partial charge in [0.1, 0.15) is 0 Å². The lowest BCUT2D eigenvalue weighted by molar-refractivity contribution is 0.368. The molecule has 0 radical (unpaired) electrons. The van der Waals surface area contributed by atoms with Crippen LogP contribution in [0.15, 0.2) is 24.5 Å². The first kappa shape index (κ1) is 12.6. The number of hydrogen-bond acceptors (Lipinski definition) is 4. The van der Waals surface area contributed by atoms with Crippen molar-refractivity contribution in [3.05, 3.63) is 41.3 Å². The molecule has 2 aromatic heterocycles. The topological polar surface area (TPSA) is 52.0 Å². The van der Waals surface area contributed by atoms with Crippen molar-refractivity contribution >= 4 is 0 Å². The summed E-state index contributed by atoms with van der Waals surface area (Å²) in [5.74, 6) is 0.811. The second-order valence-corrected chi connectivity index (χ2v) is 4.16. The van der Waals surface area contributed by atoms with E-state index >= 15 is 0 Å². The second-order valence-electron chi connectivity index (χ2n) is 4.16. The summed E-state index contributed by atoms with van der Waals surface area (Å²) in [5, 5.41) is 7.72. The SMILES string of the molecule is COc1c(CNCc2cccnc2)c(C)nn1C. The van der Waals surface area contributed by atoms with Crippen LogP contribution in [0.4, 0.5) is 0 Å². The molecule has 5 heteroatoms. The van der Waals surface area contributed by atoms with E-state index in [1.54, 1.807) is 18.0 Å². The molecule has 0 saturated heterocycles. The Bertz CT molecular complexity index is 507. The summed E-state index contributed by atoms with van der Waals surface area (Å²) in [5.41, 5.74) is 3.26. The quantitative estimate of drug-likeness (QED) is 0.867.